The molecule has 0 saturated heterocycles. The van der Waals surface area contributed by atoms with Crippen LogP contribution in [0.1, 0.15) is 50.0 Å². The first-order chi connectivity index (χ1) is 12.2. The lowest BCUT2D eigenvalue weighted by atomic mass is 9.92. The van der Waals surface area contributed by atoms with Crippen LogP contribution in [0.25, 0.3) is 0 Å². The Labute approximate surface area is 155 Å². The lowest BCUT2D eigenvalue weighted by molar-refractivity contribution is -0.156. The number of benzene rings is 2. The first kappa shape index (κ1) is 19.7. The normalized spacial score (nSPS) is 12.3. The van der Waals surface area contributed by atoms with Crippen molar-refractivity contribution in [3.8, 4) is 0 Å². The fraction of sp³-hybridized carbons (Fsp3) is 0.364. The van der Waals surface area contributed by atoms with Crippen molar-refractivity contribution in [3.05, 3.63) is 65.2 Å². The minimum absolute atomic E-state index is 0.206. The Balaban J connectivity index is 2.24. The summed E-state index contributed by atoms with van der Waals surface area (Å²) in [6, 6.07) is 14.9. The second-order valence-electron chi connectivity index (χ2n) is 7.83. The number of esters is 1. The van der Waals surface area contributed by atoms with Crippen LogP contribution in [0.3, 0.4) is 0 Å². The average molecular weight is 353 g/mol. The van der Waals surface area contributed by atoms with Crippen molar-refractivity contribution in [2.75, 3.05) is 5.32 Å². The van der Waals surface area contributed by atoms with Crippen LogP contribution in [0.5, 0.6) is 0 Å². The third-order valence-corrected chi connectivity index (χ3v) is 3.92. The predicted molar refractivity (Wildman–Crippen MR) is 104 cm³/mol. The molecule has 2 aromatic rings. The summed E-state index contributed by atoms with van der Waals surface area (Å²) >= 11 is 0. The minimum atomic E-state index is -0.981. The zero-order chi connectivity index (χ0) is 19.3. The number of nitrogens with one attached hydrogen (secondary N) is 1. The molecule has 0 heterocycles. The molecule has 1 amide bonds. The number of amides is 1. The molecule has 4 nitrogen and oxygen atoms in total. The van der Waals surface area contributed by atoms with Crippen LogP contribution in [0, 0.1) is 19.3 Å². The lowest BCUT2D eigenvalue weighted by Gasteiger charge is -2.22. The molecule has 0 radical (unpaired) electrons. The Morgan fingerprint density at radius 1 is 1.04 bits per heavy atom. The van der Waals surface area contributed by atoms with E-state index in [1.165, 1.54) is 0 Å². The van der Waals surface area contributed by atoms with Gasteiger partial charge in [0, 0.05) is 11.3 Å². The molecule has 0 aliphatic heterocycles. The summed E-state index contributed by atoms with van der Waals surface area (Å²) in [4.78, 5) is 25.2. The molecule has 0 saturated carbocycles. The number of hydrogen-bond acceptors (Lipinski definition) is 3. The smallest absolute Gasteiger partial charge is 0.307 e. The molecule has 0 aliphatic carbocycles. The van der Waals surface area contributed by atoms with Crippen molar-refractivity contribution < 1.29 is 14.3 Å². The molecule has 1 atom stereocenters. The van der Waals surface area contributed by atoms with Gasteiger partial charge in [0.25, 0.3) is 5.91 Å². The first-order valence-corrected chi connectivity index (χ1v) is 8.78. The first-order valence-electron chi connectivity index (χ1n) is 8.78. The van der Waals surface area contributed by atoms with Gasteiger partial charge >= 0.3 is 5.97 Å². The van der Waals surface area contributed by atoms with E-state index in [1.54, 1.807) is 12.1 Å². The molecule has 4 heteroatoms. The van der Waals surface area contributed by atoms with Gasteiger partial charge in [0.2, 0.25) is 6.10 Å². The molecular weight excluding hydrogens is 326 g/mol. The zero-order valence-corrected chi connectivity index (χ0v) is 16.1. The van der Waals surface area contributed by atoms with Crippen molar-refractivity contribution in [3.63, 3.8) is 0 Å². The molecule has 0 aromatic heterocycles. The summed E-state index contributed by atoms with van der Waals surface area (Å²) in [6.07, 6.45) is -0.737. The zero-order valence-electron chi connectivity index (χ0n) is 16.1. The molecule has 0 fully saturated rings. The summed E-state index contributed by atoms with van der Waals surface area (Å²) in [5.41, 5.74) is 3.17. The summed E-state index contributed by atoms with van der Waals surface area (Å²) in [5, 5.41) is 2.90. The van der Waals surface area contributed by atoms with Crippen LogP contribution >= 0.6 is 0 Å². The number of carbonyl (C=O) groups excluding carboxylic acids is 2. The third kappa shape index (κ3) is 5.73. The van der Waals surface area contributed by atoms with E-state index in [1.807, 2.05) is 71.0 Å². The van der Waals surface area contributed by atoms with Crippen molar-refractivity contribution >= 4 is 17.6 Å². The molecule has 0 bridgehead atoms. The van der Waals surface area contributed by atoms with E-state index >= 15 is 0 Å². The van der Waals surface area contributed by atoms with Gasteiger partial charge in [0.05, 0.1) is 6.42 Å². The fourth-order valence-corrected chi connectivity index (χ4v) is 2.58. The number of hydrogen-bond donors (Lipinski definition) is 1. The second-order valence-corrected chi connectivity index (χ2v) is 7.83. The summed E-state index contributed by atoms with van der Waals surface area (Å²) in [5.74, 6) is -0.741. The molecule has 138 valence electrons. The Kier molecular flexibility index (Phi) is 6.19. The van der Waals surface area contributed by atoms with Crippen LogP contribution in [0.4, 0.5) is 5.69 Å². The van der Waals surface area contributed by atoms with Crippen molar-refractivity contribution in [2.24, 2.45) is 5.41 Å². The van der Waals surface area contributed by atoms with Crippen molar-refractivity contribution in [1.82, 2.24) is 0 Å². The number of rotatable bonds is 5. The Bertz CT molecular complexity index is 776. The quantitative estimate of drug-likeness (QED) is 0.773. The monoisotopic (exact) mass is 353 g/mol. The highest BCUT2D eigenvalue weighted by molar-refractivity contribution is 5.96. The predicted octanol–water partition coefficient (Wildman–Crippen LogP) is 4.96. The maximum atomic E-state index is 12.9. The van der Waals surface area contributed by atoms with Crippen LogP contribution in [0.15, 0.2) is 48.5 Å². The molecule has 1 N–H and O–H groups in total. The van der Waals surface area contributed by atoms with Crippen LogP contribution in [0.2, 0.25) is 0 Å². The van der Waals surface area contributed by atoms with E-state index < -0.39 is 6.10 Å². The Hall–Kier alpha value is -2.62. The maximum Gasteiger partial charge on any atom is 0.307 e. The molecule has 2 aromatic carbocycles. The van der Waals surface area contributed by atoms with E-state index in [0.29, 0.717) is 5.56 Å². The fourth-order valence-electron chi connectivity index (χ4n) is 2.58. The summed E-state index contributed by atoms with van der Waals surface area (Å²) in [6.45, 7) is 9.78. The van der Waals surface area contributed by atoms with Gasteiger partial charge in [-0.2, -0.15) is 0 Å². The van der Waals surface area contributed by atoms with E-state index in [2.05, 4.69) is 5.32 Å². The van der Waals surface area contributed by atoms with Gasteiger partial charge in [0.1, 0.15) is 0 Å². The van der Waals surface area contributed by atoms with Gasteiger partial charge in [0.15, 0.2) is 0 Å². The van der Waals surface area contributed by atoms with Crippen molar-refractivity contribution in [2.45, 2.75) is 47.1 Å². The van der Waals surface area contributed by atoms with Gasteiger partial charge in [-0.05, 0) is 36.5 Å². The highest BCUT2D eigenvalue weighted by atomic mass is 16.5. The van der Waals surface area contributed by atoms with Gasteiger partial charge < -0.3 is 10.1 Å². The molecule has 0 aliphatic rings. The highest BCUT2D eigenvalue weighted by Gasteiger charge is 2.27. The van der Waals surface area contributed by atoms with Gasteiger partial charge in [-0.3, -0.25) is 9.59 Å². The second kappa shape index (κ2) is 8.17. The topological polar surface area (TPSA) is 55.4 Å². The Morgan fingerprint density at radius 3 is 2.31 bits per heavy atom. The Morgan fingerprint density at radius 2 is 1.69 bits per heavy atom. The van der Waals surface area contributed by atoms with Gasteiger partial charge in [-0.25, -0.2) is 0 Å². The number of ether oxygens (including phenoxy) is 1. The van der Waals surface area contributed by atoms with E-state index in [4.69, 9.17) is 4.74 Å². The summed E-state index contributed by atoms with van der Waals surface area (Å²) < 4.78 is 5.57. The van der Waals surface area contributed by atoms with Crippen LogP contribution < -0.4 is 5.32 Å². The van der Waals surface area contributed by atoms with Crippen LogP contribution in [-0.2, 0) is 14.3 Å². The van der Waals surface area contributed by atoms with Gasteiger partial charge in [-0.1, -0.05) is 63.2 Å². The SMILES string of the molecule is Cc1ccc(C)c(NC(=O)[C@H](OC(=O)CC(C)(C)C)c2ccccc2)c1. The molecular formula is C22H27NO3. The third-order valence-electron chi connectivity index (χ3n) is 3.92. The average Bonchev–Trinajstić information content (AvgIpc) is 2.55. The number of anilines is 1. The van der Waals surface area contributed by atoms with Crippen molar-refractivity contribution in [1.29, 1.82) is 0 Å². The molecule has 0 unspecified atom stereocenters. The van der Waals surface area contributed by atoms with Crippen LogP contribution in [-0.4, -0.2) is 11.9 Å². The lowest BCUT2D eigenvalue weighted by Crippen LogP contribution is -2.27. The minimum Gasteiger partial charge on any atom is -0.447 e. The van der Waals surface area contributed by atoms with Gasteiger partial charge in [-0.15, -0.1) is 0 Å². The van der Waals surface area contributed by atoms with E-state index in [-0.39, 0.29) is 23.7 Å². The summed E-state index contributed by atoms with van der Waals surface area (Å²) in [7, 11) is 0. The standard InChI is InChI=1S/C22H27NO3/c1-15-11-12-16(2)18(13-15)23-21(25)20(17-9-7-6-8-10-17)26-19(24)14-22(3,4)5/h6-13,20H,14H2,1-5H3,(H,23,25)/t20-/m1/s1. The largest absolute Gasteiger partial charge is 0.447 e. The van der Waals surface area contributed by atoms with E-state index in [0.717, 1.165) is 16.8 Å². The van der Waals surface area contributed by atoms with E-state index in [9.17, 15) is 9.59 Å². The molecule has 2 rings (SSSR count). The maximum absolute atomic E-state index is 12.9. The molecule has 26 heavy (non-hydrogen) atoms. The number of aryl methyl sites for hydroxylation is 2. The molecule has 0 spiro atoms. The highest BCUT2D eigenvalue weighted by Crippen LogP contribution is 2.25. The number of carbonyl (C=O) groups is 2.